The summed E-state index contributed by atoms with van der Waals surface area (Å²) in [6.45, 7) is 4.34. The normalized spacial score (nSPS) is 12.6. The van der Waals surface area contributed by atoms with Crippen LogP contribution < -0.4 is 16.3 Å². The number of benzene rings is 1. The Morgan fingerprint density at radius 2 is 2.00 bits per heavy atom. The molecule has 2 aromatic rings. The number of anilines is 1. The summed E-state index contributed by atoms with van der Waals surface area (Å²) >= 11 is 3.38. The summed E-state index contributed by atoms with van der Waals surface area (Å²) in [5.74, 6) is -0.122. The van der Waals surface area contributed by atoms with Gasteiger partial charge in [0.2, 0.25) is 5.91 Å². The third-order valence-electron chi connectivity index (χ3n) is 3.10. The minimum Gasteiger partial charge on any atom is -0.324 e. The summed E-state index contributed by atoms with van der Waals surface area (Å²) in [4.78, 5) is 28.4. The SMILES string of the molecule is CCC(C)NCC(=O)Nc1cc2[nH]c(=O)[nH]c2cc1Br. The van der Waals surface area contributed by atoms with E-state index in [1.165, 1.54) is 0 Å². The lowest BCUT2D eigenvalue weighted by atomic mass is 10.2. The van der Waals surface area contributed by atoms with Gasteiger partial charge in [0.1, 0.15) is 0 Å². The van der Waals surface area contributed by atoms with Crippen molar-refractivity contribution >= 4 is 38.6 Å². The van der Waals surface area contributed by atoms with E-state index in [0.717, 1.165) is 10.9 Å². The Bertz CT molecular complexity index is 677. The molecular weight excluding hydrogens is 324 g/mol. The fraction of sp³-hybridized carbons (Fsp3) is 0.385. The fourth-order valence-electron chi connectivity index (χ4n) is 1.76. The van der Waals surface area contributed by atoms with Crippen LogP contribution >= 0.6 is 15.9 Å². The van der Waals surface area contributed by atoms with Crippen LogP contribution in [-0.2, 0) is 4.79 Å². The molecule has 2 rings (SSSR count). The van der Waals surface area contributed by atoms with E-state index in [1.807, 2.05) is 6.92 Å². The van der Waals surface area contributed by atoms with Crippen LogP contribution in [0.25, 0.3) is 11.0 Å². The molecule has 108 valence electrons. The molecule has 20 heavy (non-hydrogen) atoms. The van der Waals surface area contributed by atoms with Gasteiger partial charge in [-0.1, -0.05) is 6.92 Å². The number of imidazole rings is 1. The summed E-state index contributed by atoms with van der Waals surface area (Å²) in [6, 6.07) is 3.77. The van der Waals surface area contributed by atoms with E-state index < -0.39 is 0 Å². The molecule has 0 saturated heterocycles. The number of carbonyl (C=O) groups excluding carboxylic acids is 1. The van der Waals surface area contributed by atoms with Crippen LogP contribution in [0.4, 0.5) is 5.69 Å². The zero-order valence-electron chi connectivity index (χ0n) is 11.3. The molecule has 0 saturated carbocycles. The van der Waals surface area contributed by atoms with Gasteiger partial charge in [-0.05, 0) is 41.4 Å². The largest absolute Gasteiger partial charge is 0.324 e. The van der Waals surface area contributed by atoms with E-state index in [4.69, 9.17) is 0 Å². The van der Waals surface area contributed by atoms with Gasteiger partial charge in [-0.3, -0.25) is 4.79 Å². The standard InChI is InChI=1S/C13H17BrN4O2/c1-3-7(2)15-6-12(19)16-9-5-11-10(4-8(9)14)17-13(20)18-11/h4-5,7,15H,3,6H2,1-2H3,(H,16,19)(H2,17,18,20). The van der Waals surface area contributed by atoms with E-state index in [9.17, 15) is 9.59 Å². The van der Waals surface area contributed by atoms with Crippen molar-refractivity contribution in [3.63, 3.8) is 0 Å². The van der Waals surface area contributed by atoms with Crippen molar-refractivity contribution in [2.45, 2.75) is 26.3 Å². The number of H-pyrrole nitrogens is 2. The van der Waals surface area contributed by atoms with Gasteiger partial charge in [0.25, 0.3) is 0 Å². The lowest BCUT2D eigenvalue weighted by Gasteiger charge is -2.12. The lowest BCUT2D eigenvalue weighted by molar-refractivity contribution is -0.115. The number of hydrogen-bond acceptors (Lipinski definition) is 3. The van der Waals surface area contributed by atoms with Crippen molar-refractivity contribution in [2.75, 3.05) is 11.9 Å². The smallest absolute Gasteiger partial charge is 0.323 e. The second-order valence-electron chi connectivity index (χ2n) is 4.70. The van der Waals surface area contributed by atoms with Crippen LogP contribution in [0.2, 0.25) is 0 Å². The Hall–Kier alpha value is -1.60. The average Bonchev–Trinajstić information content (AvgIpc) is 2.75. The maximum absolute atomic E-state index is 11.9. The van der Waals surface area contributed by atoms with E-state index in [2.05, 4.69) is 43.5 Å². The Morgan fingerprint density at radius 3 is 2.65 bits per heavy atom. The summed E-state index contributed by atoms with van der Waals surface area (Å²) in [5.41, 5.74) is 1.71. The number of aromatic nitrogens is 2. The highest BCUT2D eigenvalue weighted by Gasteiger charge is 2.09. The lowest BCUT2D eigenvalue weighted by Crippen LogP contribution is -2.34. The first-order valence-electron chi connectivity index (χ1n) is 6.44. The molecule has 0 fully saturated rings. The van der Waals surface area contributed by atoms with Crippen molar-refractivity contribution in [3.05, 3.63) is 27.1 Å². The first-order chi connectivity index (χ1) is 9.49. The minimum absolute atomic E-state index is 0.122. The monoisotopic (exact) mass is 340 g/mol. The average molecular weight is 341 g/mol. The van der Waals surface area contributed by atoms with Crippen LogP contribution in [0, 0.1) is 0 Å². The number of nitrogens with one attached hydrogen (secondary N) is 4. The molecule has 1 heterocycles. The molecule has 0 aliphatic heterocycles. The highest BCUT2D eigenvalue weighted by molar-refractivity contribution is 9.10. The van der Waals surface area contributed by atoms with Crippen molar-refractivity contribution in [1.82, 2.24) is 15.3 Å². The maximum atomic E-state index is 11.9. The first kappa shape index (κ1) is 14.8. The van der Waals surface area contributed by atoms with Gasteiger partial charge in [0, 0.05) is 10.5 Å². The van der Waals surface area contributed by atoms with E-state index >= 15 is 0 Å². The quantitative estimate of drug-likeness (QED) is 0.670. The van der Waals surface area contributed by atoms with Gasteiger partial charge in [-0.2, -0.15) is 0 Å². The van der Waals surface area contributed by atoms with Crippen molar-refractivity contribution in [2.24, 2.45) is 0 Å². The number of carbonyl (C=O) groups is 1. The Kier molecular flexibility index (Phi) is 4.61. The third-order valence-corrected chi connectivity index (χ3v) is 3.76. The van der Waals surface area contributed by atoms with Crippen molar-refractivity contribution in [3.8, 4) is 0 Å². The fourth-order valence-corrected chi connectivity index (χ4v) is 2.20. The van der Waals surface area contributed by atoms with Crippen LogP contribution in [0.3, 0.4) is 0 Å². The minimum atomic E-state index is -0.270. The van der Waals surface area contributed by atoms with Crippen molar-refractivity contribution < 1.29 is 4.79 Å². The molecule has 1 aromatic carbocycles. The molecule has 6 nitrogen and oxygen atoms in total. The Labute approximate surface area is 124 Å². The van der Waals surface area contributed by atoms with Crippen LogP contribution in [0.15, 0.2) is 21.4 Å². The molecule has 4 N–H and O–H groups in total. The van der Waals surface area contributed by atoms with Crippen LogP contribution in [0.1, 0.15) is 20.3 Å². The van der Waals surface area contributed by atoms with Gasteiger partial charge in [-0.25, -0.2) is 4.79 Å². The molecule has 0 aliphatic carbocycles. The predicted molar refractivity (Wildman–Crippen MR) is 83.0 cm³/mol. The second kappa shape index (κ2) is 6.23. The summed E-state index contributed by atoms with van der Waals surface area (Å²) in [5, 5.41) is 5.93. The van der Waals surface area contributed by atoms with Crippen LogP contribution in [0.5, 0.6) is 0 Å². The summed E-state index contributed by atoms with van der Waals surface area (Å²) < 4.78 is 0.720. The number of rotatable bonds is 5. The van der Waals surface area contributed by atoms with E-state index in [0.29, 0.717) is 22.8 Å². The zero-order valence-corrected chi connectivity index (χ0v) is 12.9. The number of amides is 1. The number of halogens is 1. The summed E-state index contributed by atoms with van der Waals surface area (Å²) in [6.07, 6.45) is 0.966. The number of aromatic amines is 2. The maximum Gasteiger partial charge on any atom is 0.323 e. The highest BCUT2D eigenvalue weighted by Crippen LogP contribution is 2.26. The molecule has 1 amide bonds. The molecule has 0 aliphatic rings. The molecular formula is C13H17BrN4O2. The first-order valence-corrected chi connectivity index (χ1v) is 7.23. The van der Waals surface area contributed by atoms with Crippen LogP contribution in [-0.4, -0.2) is 28.5 Å². The third kappa shape index (κ3) is 3.49. The van der Waals surface area contributed by atoms with E-state index in [-0.39, 0.29) is 18.1 Å². The topological polar surface area (TPSA) is 89.8 Å². The van der Waals surface area contributed by atoms with Gasteiger partial charge >= 0.3 is 5.69 Å². The van der Waals surface area contributed by atoms with Gasteiger partial charge < -0.3 is 20.6 Å². The molecule has 7 heteroatoms. The Morgan fingerprint density at radius 1 is 1.35 bits per heavy atom. The highest BCUT2D eigenvalue weighted by atomic mass is 79.9. The number of hydrogen-bond donors (Lipinski definition) is 4. The Balaban J connectivity index is 2.10. The molecule has 0 spiro atoms. The molecule has 0 radical (unpaired) electrons. The zero-order chi connectivity index (χ0) is 14.7. The molecule has 1 aromatic heterocycles. The summed E-state index contributed by atoms with van der Waals surface area (Å²) in [7, 11) is 0. The number of fused-ring (bicyclic) bond motifs is 1. The van der Waals surface area contributed by atoms with Crippen molar-refractivity contribution in [1.29, 1.82) is 0 Å². The second-order valence-corrected chi connectivity index (χ2v) is 5.55. The molecule has 1 unspecified atom stereocenters. The van der Waals surface area contributed by atoms with E-state index in [1.54, 1.807) is 12.1 Å². The predicted octanol–water partition coefficient (Wildman–Crippen LogP) is 1.95. The van der Waals surface area contributed by atoms with Gasteiger partial charge in [0.15, 0.2) is 0 Å². The van der Waals surface area contributed by atoms with Gasteiger partial charge in [0.05, 0.1) is 23.3 Å². The van der Waals surface area contributed by atoms with Gasteiger partial charge in [-0.15, -0.1) is 0 Å². The molecule has 0 bridgehead atoms. The molecule has 1 atom stereocenters.